The SMILES string of the molecule is C=CCN1CC2CN(C(=O)c3ccc(OC)cc3C)CC2(C(=O)O)C1. The molecule has 0 saturated carbocycles. The minimum Gasteiger partial charge on any atom is -0.497 e. The van der Waals surface area contributed by atoms with Crippen LogP contribution in [0.5, 0.6) is 5.75 Å². The summed E-state index contributed by atoms with van der Waals surface area (Å²) in [5, 5.41) is 9.85. The number of carboxylic acid groups (broad SMARTS) is 1. The Hall–Kier alpha value is -2.34. The van der Waals surface area contributed by atoms with E-state index in [1.807, 2.05) is 13.0 Å². The summed E-state index contributed by atoms with van der Waals surface area (Å²) in [5.41, 5.74) is 0.558. The molecule has 1 aromatic carbocycles. The number of aryl methyl sites for hydroxylation is 1. The molecule has 134 valence electrons. The maximum Gasteiger partial charge on any atom is 0.313 e. The molecule has 2 atom stereocenters. The average molecular weight is 344 g/mol. The first-order chi connectivity index (χ1) is 11.9. The number of carbonyl (C=O) groups is 2. The highest BCUT2D eigenvalue weighted by Gasteiger charge is 2.58. The molecule has 1 aromatic rings. The van der Waals surface area contributed by atoms with Crippen molar-refractivity contribution in [3.63, 3.8) is 0 Å². The van der Waals surface area contributed by atoms with E-state index in [0.717, 1.165) is 5.56 Å². The van der Waals surface area contributed by atoms with Gasteiger partial charge in [-0.15, -0.1) is 6.58 Å². The molecule has 0 radical (unpaired) electrons. The fraction of sp³-hybridized carbons (Fsp3) is 0.474. The number of aliphatic carboxylic acids is 1. The zero-order valence-corrected chi connectivity index (χ0v) is 14.7. The summed E-state index contributed by atoms with van der Waals surface area (Å²) in [5.74, 6) is -0.266. The molecule has 2 aliphatic rings. The number of hydrogen-bond donors (Lipinski definition) is 1. The lowest BCUT2D eigenvalue weighted by atomic mass is 9.81. The van der Waals surface area contributed by atoms with Gasteiger partial charge in [0.25, 0.3) is 5.91 Å². The number of ether oxygens (including phenoxy) is 1. The van der Waals surface area contributed by atoms with Gasteiger partial charge in [0.2, 0.25) is 0 Å². The van der Waals surface area contributed by atoms with Gasteiger partial charge in [0.1, 0.15) is 11.2 Å². The van der Waals surface area contributed by atoms with Crippen LogP contribution >= 0.6 is 0 Å². The summed E-state index contributed by atoms with van der Waals surface area (Å²) in [6.07, 6.45) is 1.79. The second-order valence-corrected chi connectivity index (χ2v) is 7.01. The Morgan fingerprint density at radius 2 is 2.16 bits per heavy atom. The van der Waals surface area contributed by atoms with Crippen LogP contribution in [0.2, 0.25) is 0 Å². The molecule has 0 aromatic heterocycles. The van der Waals surface area contributed by atoms with Gasteiger partial charge in [0, 0.05) is 44.2 Å². The van der Waals surface area contributed by atoms with Crippen molar-refractivity contribution in [2.24, 2.45) is 11.3 Å². The maximum atomic E-state index is 12.9. The van der Waals surface area contributed by atoms with E-state index in [1.54, 1.807) is 30.2 Å². The van der Waals surface area contributed by atoms with Crippen molar-refractivity contribution in [2.75, 3.05) is 39.8 Å². The Morgan fingerprint density at radius 1 is 1.40 bits per heavy atom. The Kier molecular flexibility index (Phi) is 4.56. The molecular formula is C19H24N2O4. The van der Waals surface area contributed by atoms with Crippen LogP contribution < -0.4 is 4.74 Å². The summed E-state index contributed by atoms with van der Waals surface area (Å²) in [6.45, 7) is 8.15. The number of nitrogens with zero attached hydrogens (tertiary/aromatic N) is 2. The largest absolute Gasteiger partial charge is 0.497 e. The third-order valence-corrected chi connectivity index (χ3v) is 5.44. The number of carboxylic acids is 1. The van der Waals surface area contributed by atoms with Crippen LogP contribution in [0.1, 0.15) is 15.9 Å². The molecule has 25 heavy (non-hydrogen) atoms. The molecule has 1 N–H and O–H groups in total. The normalized spacial score (nSPS) is 25.7. The van der Waals surface area contributed by atoms with Gasteiger partial charge >= 0.3 is 5.97 Å². The van der Waals surface area contributed by atoms with Crippen LogP contribution in [0.3, 0.4) is 0 Å². The van der Waals surface area contributed by atoms with Crippen molar-refractivity contribution in [3.8, 4) is 5.75 Å². The van der Waals surface area contributed by atoms with Crippen LogP contribution in [0.25, 0.3) is 0 Å². The second-order valence-electron chi connectivity index (χ2n) is 7.01. The predicted octanol–water partition coefficient (Wildman–Crippen LogP) is 1.65. The van der Waals surface area contributed by atoms with Crippen molar-refractivity contribution < 1.29 is 19.4 Å². The zero-order chi connectivity index (χ0) is 18.2. The van der Waals surface area contributed by atoms with E-state index in [-0.39, 0.29) is 18.4 Å². The first-order valence-electron chi connectivity index (χ1n) is 8.42. The van der Waals surface area contributed by atoms with Crippen molar-refractivity contribution >= 4 is 11.9 Å². The first-order valence-corrected chi connectivity index (χ1v) is 8.42. The molecule has 0 spiro atoms. The van der Waals surface area contributed by atoms with E-state index in [2.05, 4.69) is 11.5 Å². The summed E-state index contributed by atoms with van der Waals surface area (Å²) in [4.78, 5) is 28.7. The molecule has 2 fully saturated rings. The van der Waals surface area contributed by atoms with Crippen LogP contribution in [0, 0.1) is 18.3 Å². The van der Waals surface area contributed by atoms with E-state index in [1.165, 1.54) is 0 Å². The third-order valence-electron chi connectivity index (χ3n) is 5.44. The molecule has 3 rings (SSSR count). The highest BCUT2D eigenvalue weighted by atomic mass is 16.5. The van der Waals surface area contributed by atoms with Gasteiger partial charge in [-0.1, -0.05) is 6.08 Å². The number of rotatable bonds is 5. The summed E-state index contributed by atoms with van der Waals surface area (Å²) in [7, 11) is 1.59. The first kappa shape index (κ1) is 17.5. The Bertz CT molecular complexity index is 717. The van der Waals surface area contributed by atoms with E-state index in [9.17, 15) is 14.7 Å². The fourth-order valence-electron chi connectivity index (χ4n) is 4.12. The predicted molar refractivity (Wildman–Crippen MR) is 93.8 cm³/mol. The number of fused-ring (bicyclic) bond motifs is 1. The number of benzene rings is 1. The smallest absolute Gasteiger partial charge is 0.313 e. The lowest BCUT2D eigenvalue weighted by Gasteiger charge is -2.25. The van der Waals surface area contributed by atoms with Crippen LogP contribution in [-0.2, 0) is 4.79 Å². The number of hydrogen-bond acceptors (Lipinski definition) is 4. The quantitative estimate of drug-likeness (QED) is 0.823. The fourth-order valence-corrected chi connectivity index (χ4v) is 4.12. The van der Waals surface area contributed by atoms with Crippen LogP contribution in [0.15, 0.2) is 30.9 Å². The van der Waals surface area contributed by atoms with E-state index in [4.69, 9.17) is 4.74 Å². The molecular weight excluding hydrogens is 320 g/mol. The molecule has 1 amide bonds. The number of methoxy groups -OCH3 is 1. The summed E-state index contributed by atoms with van der Waals surface area (Å²) >= 11 is 0. The van der Waals surface area contributed by atoms with Crippen molar-refractivity contribution in [1.82, 2.24) is 9.80 Å². The molecule has 0 bridgehead atoms. The Morgan fingerprint density at radius 3 is 2.72 bits per heavy atom. The van der Waals surface area contributed by atoms with Gasteiger partial charge in [-0.2, -0.15) is 0 Å². The molecule has 0 aliphatic carbocycles. The minimum absolute atomic E-state index is 0.0487. The average Bonchev–Trinajstić information content (AvgIpc) is 3.09. The van der Waals surface area contributed by atoms with Gasteiger partial charge in [-0.25, -0.2) is 0 Å². The molecule has 2 heterocycles. The third kappa shape index (κ3) is 2.91. The number of amides is 1. The second kappa shape index (κ2) is 6.52. The van der Waals surface area contributed by atoms with Gasteiger partial charge in [0.15, 0.2) is 0 Å². The van der Waals surface area contributed by atoms with Crippen molar-refractivity contribution in [3.05, 3.63) is 42.0 Å². The topological polar surface area (TPSA) is 70.1 Å². The zero-order valence-electron chi connectivity index (χ0n) is 14.7. The maximum absolute atomic E-state index is 12.9. The van der Waals surface area contributed by atoms with E-state index >= 15 is 0 Å². The van der Waals surface area contributed by atoms with Crippen LogP contribution in [-0.4, -0.2) is 66.6 Å². The van der Waals surface area contributed by atoms with Gasteiger partial charge in [-0.3, -0.25) is 14.5 Å². The monoisotopic (exact) mass is 344 g/mol. The van der Waals surface area contributed by atoms with Gasteiger partial charge in [-0.05, 0) is 30.7 Å². The Labute approximate surface area is 147 Å². The molecule has 2 aliphatic heterocycles. The minimum atomic E-state index is -0.876. The van der Waals surface area contributed by atoms with Crippen molar-refractivity contribution in [1.29, 1.82) is 0 Å². The summed E-state index contributed by atoms with van der Waals surface area (Å²) < 4.78 is 5.18. The van der Waals surface area contributed by atoms with E-state index in [0.29, 0.717) is 37.5 Å². The molecule has 2 unspecified atom stereocenters. The molecule has 6 nitrogen and oxygen atoms in total. The van der Waals surface area contributed by atoms with E-state index < -0.39 is 11.4 Å². The van der Waals surface area contributed by atoms with Crippen LogP contribution in [0.4, 0.5) is 0 Å². The highest BCUT2D eigenvalue weighted by Crippen LogP contribution is 2.43. The highest BCUT2D eigenvalue weighted by molar-refractivity contribution is 5.96. The van der Waals surface area contributed by atoms with Gasteiger partial charge in [0.05, 0.1) is 7.11 Å². The lowest BCUT2D eigenvalue weighted by Crippen LogP contribution is -2.42. The number of carbonyl (C=O) groups excluding carboxylic acids is 1. The summed E-state index contributed by atoms with van der Waals surface area (Å²) in [6, 6.07) is 5.33. The van der Waals surface area contributed by atoms with Crippen molar-refractivity contribution in [2.45, 2.75) is 6.92 Å². The number of likely N-dealkylation sites (tertiary alicyclic amines) is 2. The lowest BCUT2D eigenvalue weighted by molar-refractivity contribution is -0.148. The Balaban J connectivity index is 1.81. The standard InChI is InChI=1S/C19H24N2O4/c1-4-7-20-9-14-10-21(12-19(14,11-20)18(23)24)17(22)16-6-5-15(25-3)8-13(16)2/h4-6,8,14H,1,7,9-12H2,2-3H3,(H,23,24). The van der Waals surface area contributed by atoms with Gasteiger partial charge < -0.3 is 14.7 Å². The molecule has 2 saturated heterocycles. The molecule has 6 heteroatoms.